The van der Waals surface area contributed by atoms with Gasteiger partial charge in [0.25, 0.3) is 0 Å². The molecule has 0 bridgehead atoms. The van der Waals surface area contributed by atoms with Crippen LogP contribution in [0.15, 0.2) is 47.5 Å². The Kier molecular flexibility index (Phi) is 10.6. The Morgan fingerprint density at radius 3 is 2.58 bits per heavy atom. The third kappa shape index (κ3) is 8.35. The highest BCUT2D eigenvalue weighted by Gasteiger charge is 2.11. The second kappa shape index (κ2) is 13.1. The van der Waals surface area contributed by atoms with Gasteiger partial charge in [-0.25, -0.2) is 4.39 Å². The number of benzene rings is 2. The fraction of sp³-hybridized carbons (Fsp3) is 0.391. The van der Waals surface area contributed by atoms with Crippen molar-refractivity contribution in [2.45, 2.75) is 26.2 Å². The molecule has 1 amide bonds. The van der Waals surface area contributed by atoms with Crippen molar-refractivity contribution in [1.82, 2.24) is 16.0 Å². The van der Waals surface area contributed by atoms with E-state index in [2.05, 4.69) is 33.1 Å². The van der Waals surface area contributed by atoms with Gasteiger partial charge < -0.3 is 20.7 Å². The molecule has 2 aromatic rings. The van der Waals surface area contributed by atoms with Gasteiger partial charge in [-0.2, -0.15) is 0 Å². The molecule has 0 aromatic heterocycles. The number of rotatable bonds is 9. The van der Waals surface area contributed by atoms with Crippen LogP contribution in [0, 0.1) is 5.82 Å². The molecule has 3 rings (SSSR count). The third-order valence-corrected chi connectivity index (χ3v) is 4.79. The zero-order valence-electron chi connectivity index (χ0n) is 17.7. The number of amides is 1. The van der Waals surface area contributed by atoms with Gasteiger partial charge in [0, 0.05) is 32.6 Å². The highest BCUT2D eigenvalue weighted by Crippen LogP contribution is 2.25. The van der Waals surface area contributed by atoms with E-state index in [1.54, 1.807) is 12.1 Å². The number of ether oxygens (including phenoxy) is 1. The molecule has 0 saturated heterocycles. The van der Waals surface area contributed by atoms with Gasteiger partial charge in [-0.15, -0.1) is 24.0 Å². The minimum absolute atomic E-state index is 0. The number of carbonyl (C=O) groups is 1. The van der Waals surface area contributed by atoms with Crippen LogP contribution >= 0.6 is 24.0 Å². The second-order valence-electron chi connectivity index (χ2n) is 7.13. The van der Waals surface area contributed by atoms with Crippen molar-refractivity contribution in [3.8, 4) is 5.75 Å². The summed E-state index contributed by atoms with van der Waals surface area (Å²) < 4.78 is 18.5. The Labute approximate surface area is 200 Å². The average Bonchev–Trinajstić information content (AvgIpc) is 3.21. The maximum atomic E-state index is 12.9. The van der Waals surface area contributed by atoms with Gasteiger partial charge in [0.15, 0.2) is 5.96 Å². The summed E-state index contributed by atoms with van der Waals surface area (Å²) in [7, 11) is 0. The molecule has 0 fully saturated rings. The van der Waals surface area contributed by atoms with E-state index in [0.29, 0.717) is 19.6 Å². The van der Waals surface area contributed by atoms with Crippen LogP contribution in [0.1, 0.15) is 23.6 Å². The molecule has 2 aromatic carbocycles. The summed E-state index contributed by atoms with van der Waals surface area (Å²) in [5.41, 5.74) is 3.32. The molecule has 0 saturated carbocycles. The standard InChI is InChI=1S/C23H29FN4O2.HI/c1-2-25-23(27-11-9-18-5-8-21-19(15-18)10-14-30-21)28-13-12-26-22(29)16-17-3-6-20(24)7-4-17;/h3-8,15H,2,9-14,16H2,1H3,(H,26,29)(H2,25,27,28);1H. The van der Waals surface area contributed by atoms with E-state index >= 15 is 0 Å². The molecule has 8 heteroatoms. The Bertz CT molecular complexity index is 874. The van der Waals surface area contributed by atoms with Crippen molar-refractivity contribution < 1.29 is 13.9 Å². The molecule has 3 N–H and O–H groups in total. The average molecular weight is 540 g/mol. The molecule has 31 heavy (non-hydrogen) atoms. The number of halogens is 2. The maximum Gasteiger partial charge on any atom is 0.224 e. The van der Waals surface area contributed by atoms with Gasteiger partial charge in [0.2, 0.25) is 5.91 Å². The van der Waals surface area contributed by atoms with Crippen molar-refractivity contribution in [2.24, 2.45) is 4.99 Å². The first-order valence-electron chi connectivity index (χ1n) is 10.4. The van der Waals surface area contributed by atoms with E-state index in [9.17, 15) is 9.18 Å². The van der Waals surface area contributed by atoms with Crippen LogP contribution in [0.2, 0.25) is 0 Å². The number of aliphatic imine (C=N–C) groups is 1. The van der Waals surface area contributed by atoms with E-state index in [4.69, 9.17) is 4.74 Å². The number of carbonyl (C=O) groups excluding carboxylic acids is 1. The smallest absolute Gasteiger partial charge is 0.224 e. The molecule has 0 spiro atoms. The summed E-state index contributed by atoms with van der Waals surface area (Å²) in [6.45, 7) is 5.27. The molecule has 0 atom stereocenters. The molecule has 1 aliphatic rings. The largest absolute Gasteiger partial charge is 0.493 e. The number of nitrogens with zero attached hydrogens (tertiary/aromatic N) is 1. The molecule has 0 radical (unpaired) electrons. The normalized spacial score (nSPS) is 12.4. The van der Waals surface area contributed by atoms with Crippen molar-refractivity contribution in [3.63, 3.8) is 0 Å². The predicted octanol–water partition coefficient (Wildman–Crippen LogP) is 2.84. The van der Waals surface area contributed by atoms with Crippen molar-refractivity contribution in [1.29, 1.82) is 0 Å². The fourth-order valence-corrected chi connectivity index (χ4v) is 3.27. The summed E-state index contributed by atoms with van der Waals surface area (Å²) in [5.74, 6) is 1.34. The molecule has 168 valence electrons. The van der Waals surface area contributed by atoms with Crippen LogP contribution < -0.4 is 20.7 Å². The SMILES string of the molecule is CCNC(=NCCc1ccc2c(c1)CCO2)NCCNC(=O)Cc1ccc(F)cc1.I. The Hall–Kier alpha value is -2.36. The van der Waals surface area contributed by atoms with Crippen LogP contribution in [-0.4, -0.2) is 44.7 Å². The van der Waals surface area contributed by atoms with Gasteiger partial charge in [-0.3, -0.25) is 9.79 Å². The predicted molar refractivity (Wildman–Crippen MR) is 132 cm³/mol. The topological polar surface area (TPSA) is 74.8 Å². The minimum atomic E-state index is -0.302. The van der Waals surface area contributed by atoms with Gasteiger partial charge in [0.05, 0.1) is 13.0 Å². The molecule has 1 aliphatic heterocycles. The number of hydrogen-bond donors (Lipinski definition) is 3. The number of hydrogen-bond acceptors (Lipinski definition) is 3. The van der Waals surface area contributed by atoms with Crippen LogP contribution in [-0.2, 0) is 24.1 Å². The van der Waals surface area contributed by atoms with E-state index in [0.717, 1.165) is 43.3 Å². The van der Waals surface area contributed by atoms with Crippen molar-refractivity contribution >= 4 is 35.8 Å². The van der Waals surface area contributed by atoms with E-state index in [-0.39, 0.29) is 42.1 Å². The zero-order valence-corrected chi connectivity index (χ0v) is 20.1. The highest BCUT2D eigenvalue weighted by molar-refractivity contribution is 14.0. The van der Waals surface area contributed by atoms with Crippen molar-refractivity contribution in [3.05, 3.63) is 65.0 Å². The first kappa shape index (κ1) is 24.9. The Morgan fingerprint density at radius 2 is 1.81 bits per heavy atom. The molecule has 0 aliphatic carbocycles. The Balaban J connectivity index is 0.00000341. The fourth-order valence-electron chi connectivity index (χ4n) is 3.27. The lowest BCUT2D eigenvalue weighted by Gasteiger charge is -2.12. The first-order valence-corrected chi connectivity index (χ1v) is 10.4. The van der Waals surface area contributed by atoms with Gasteiger partial charge in [0.1, 0.15) is 11.6 Å². The highest BCUT2D eigenvalue weighted by atomic mass is 127. The van der Waals surface area contributed by atoms with Gasteiger partial charge >= 0.3 is 0 Å². The summed E-state index contributed by atoms with van der Waals surface area (Å²) >= 11 is 0. The number of fused-ring (bicyclic) bond motifs is 1. The lowest BCUT2D eigenvalue weighted by molar-refractivity contribution is -0.120. The quantitative estimate of drug-likeness (QED) is 0.198. The van der Waals surface area contributed by atoms with Crippen LogP contribution in [0.5, 0.6) is 5.75 Å². The molecular formula is C23H30FIN4O2. The monoisotopic (exact) mass is 540 g/mol. The summed E-state index contributed by atoms with van der Waals surface area (Å²) in [6, 6.07) is 12.3. The zero-order chi connectivity index (χ0) is 21.2. The summed E-state index contributed by atoms with van der Waals surface area (Å²) in [4.78, 5) is 16.6. The van der Waals surface area contributed by atoms with Crippen LogP contribution in [0.4, 0.5) is 4.39 Å². The first-order chi connectivity index (χ1) is 14.6. The Morgan fingerprint density at radius 1 is 1.06 bits per heavy atom. The van der Waals surface area contributed by atoms with Crippen LogP contribution in [0.3, 0.4) is 0 Å². The van der Waals surface area contributed by atoms with E-state index in [1.807, 2.05) is 13.0 Å². The van der Waals surface area contributed by atoms with Gasteiger partial charge in [-0.1, -0.05) is 24.3 Å². The summed E-state index contributed by atoms with van der Waals surface area (Å²) in [6.07, 6.45) is 2.07. The van der Waals surface area contributed by atoms with Crippen molar-refractivity contribution in [2.75, 3.05) is 32.8 Å². The summed E-state index contributed by atoms with van der Waals surface area (Å²) in [5, 5.41) is 9.30. The van der Waals surface area contributed by atoms with E-state index in [1.165, 1.54) is 23.3 Å². The third-order valence-electron chi connectivity index (χ3n) is 4.79. The maximum absolute atomic E-state index is 12.9. The number of guanidine groups is 1. The molecular weight excluding hydrogens is 510 g/mol. The lowest BCUT2D eigenvalue weighted by atomic mass is 10.1. The molecule has 0 unspecified atom stereocenters. The number of nitrogens with one attached hydrogen (secondary N) is 3. The molecule has 1 heterocycles. The van der Waals surface area contributed by atoms with Crippen LogP contribution in [0.25, 0.3) is 0 Å². The molecule has 6 nitrogen and oxygen atoms in total. The second-order valence-corrected chi connectivity index (χ2v) is 7.13. The van der Waals surface area contributed by atoms with Gasteiger partial charge in [-0.05, 0) is 48.2 Å². The van der Waals surface area contributed by atoms with E-state index < -0.39 is 0 Å². The lowest BCUT2D eigenvalue weighted by Crippen LogP contribution is -2.41. The minimum Gasteiger partial charge on any atom is -0.493 e.